The lowest BCUT2D eigenvalue weighted by Gasteiger charge is -2.15. The molecule has 9 aromatic rings. The molecule has 2 heteroatoms. The first-order valence-corrected chi connectivity index (χ1v) is 14.7. The molecule has 43 heavy (non-hydrogen) atoms. The molecule has 0 saturated carbocycles. The third kappa shape index (κ3) is 3.63. The SMILES string of the molecule is c1ccc(-c2nc3c4ccccc4c4cc(-c5cc6ccccc6c6ccccc56)ccc4n3c2-c2ccccc2)cc1. The summed E-state index contributed by atoms with van der Waals surface area (Å²) in [7, 11) is 0. The Morgan fingerprint density at radius 1 is 0.395 bits per heavy atom. The Morgan fingerprint density at radius 2 is 0.977 bits per heavy atom. The van der Waals surface area contributed by atoms with Crippen molar-refractivity contribution in [1.82, 2.24) is 9.38 Å². The second kappa shape index (κ2) is 9.40. The van der Waals surface area contributed by atoms with Gasteiger partial charge in [0.15, 0.2) is 0 Å². The van der Waals surface area contributed by atoms with Crippen molar-refractivity contribution in [3.63, 3.8) is 0 Å². The van der Waals surface area contributed by atoms with Gasteiger partial charge >= 0.3 is 0 Å². The highest BCUT2D eigenvalue weighted by Gasteiger charge is 2.21. The topological polar surface area (TPSA) is 17.3 Å². The first-order chi connectivity index (χ1) is 21.3. The molecule has 0 unspecified atom stereocenters. The van der Waals surface area contributed by atoms with E-state index in [1.807, 2.05) is 0 Å². The van der Waals surface area contributed by atoms with Gasteiger partial charge in [-0.3, -0.25) is 4.40 Å². The quantitative estimate of drug-likeness (QED) is 0.201. The fraction of sp³-hybridized carbons (Fsp3) is 0. The van der Waals surface area contributed by atoms with Gasteiger partial charge < -0.3 is 0 Å². The van der Waals surface area contributed by atoms with Crippen molar-refractivity contribution in [2.45, 2.75) is 0 Å². The van der Waals surface area contributed by atoms with E-state index in [2.05, 4.69) is 162 Å². The number of imidazole rings is 1. The molecule has 200 valence electrons. The first kappa shape index (κ1) is 23.9. The third-order valence-electron chi connectivity index (χ3n) is 8.75. The molecule has 0 fully saturated rings. The summed E-state index contributed by atoms with van der Waals surface area (Å²) in [6.07, 6.45) is 0. The van der Waals surface area contributed by atoms with Crippen LogP contribution < -0.4 is 0 Å². The number of pyridine rings is 1. The van der Waals surface area contributed by atoms with Gasteiger partial charge in [0.25, 0.3) is 0 Å². The first-order valence-electron chi connectivity index (χ1n) is 14.7. The van der Waals surface area contributed by atoms with Crippen LogP contribution in [0.2, 0.25) is 0 Å². The molecule has 0 bridgehead atoms. The lowest BCUT2D eigenvalue weighted by atomic mass is 9.92. The molecule has 7 aromatic carbocycles. The van der Waals surface area contributed by atoms with Crippen LogP contribution in [0, 0.1) is 0 Å². The molecule has 0 radical (unpaired) electrons. The summed E-state index contributed by atoms with van der Waals surface area (Å²) in [6.45, 7) is 0. The summed E-state index contributed by atoms with van der Waals surface area (Å²) in [4.78, 5) is 5.36. The predicted molar refractivity (Wildman–Crippen MR) is 182 cm³/mol. The summed E-state index contributed by atoms with van der Waals surface area (Å²) < 4.78 is 2.37. The number of nitrogens with zero attached hydrogens (tertiary/aromatic N) is 2. The Morgan fingerprint density at radius 3 is 1.72 bits per heavy atom. The van der Waals surface area contributed by atoms with E-state index in [9.17, 15) is 0 Å². The van der Waals surface area contributed by atoms with E-state index in [4.69, 9.17) is 4.98 Å². The lowest BCUT2D eigenvalue weighted by molar-refractivity contribution is 1.27. The van der Waals surface area contributed by atoms with Crippen LogP contribution in [0.5, 0.6) is 0 Å². The van der Waals surface area contributed by atoms with Gasteiger partial charge in [-0.25, -0.2) is 4.98 Å². The molecule has 0 aliphatic heterocycles. The van der Waals surface area contributed by atoms with Crippen LogP contribution in [0.25, 0.3) is 82.5 Å². The van der Waals surface area contributed by atoms with Crippen molar-refractivity contribution in [2.24, 2.45) is 0 Å². The molecule has 0 aliphatic rings. The lowest BCUT2D eigenvalue weighted by Crippen LogP contribution is -1.95. The maximum Gasteiger partial charge on any atom is 0.146 e. The van der Waals surface area contributed by atoms with Gasteiger partial charge in [0.2, 0.25) is 0 Å². The highest BCUT2D eigenvalue weighted by Crippen LogP contribution is 2.41. The van der Waals surface area contributed by atoms with E-state index in [0.29, 0.717) is 0 Å². The summed E-state index contributed by atoms with van der Waals surface area (Å²) in [5, 5.41) is 8.66. The van der Waals surface area contributed by atoms with Gasteiger partial charge in [-0.1, -0.05) is 140 Å². The van der Waals surface area contributed by atoms with Crippen LogP contribution in [0.4, 0.5) is 0 Å². The largest absolute Gasteiger partial charge is 0.291 e. The Balaban J connectivity index is 1.42. The summed E-state index contributed by atoms with van der Waals surface area (Å²) >= 11 is 0. The Hall–Kier alpha value is -5.73. The van der Waals surface area contributed by atoms with E-state index in [-0.39, 0.29) is 0 Å². The van der Waals surface area contributed by atoms with Crippen LogP contribution in [-0.4, -0.2) is 9.38 Å². The number of hydrogen-bond acceptors (Lipinski definition) is 1. The number of benzene rings is 7. The van der Waals surface area contributed by atoms with Crippen LogP contribution in [0.3, 0.4) is 0 Å². The average molecular weight is 547 g/mol. The number of hydrogen-bond donors (Lipinski definition) is 0. The molecule has 0 atom stereocenters. The standard InChI is InChI=1S/C41H26N2/c1-3-13-27(14-4-1)39-40(28-15-5-2-6-16-28)43-38-24-23-30(26-37(38)34-21-11-12-22-35(34)41(43)42-39)36-25-29-17-7-8-18-31(29)32-19-9-10-20-33(32)36/h1-26H. The average Bonchev–Trinajstić information content (AvgIpc) is 3.50. The fourth-order valence-corrected chi connectivity index (χ4v) is 6.82. The van der Waals surface area contributed by atoms with Gasteiger partial charge in [0.05, 0.1) is 16.9 Å². The summed E-state index contributed by atoms with van der Waals surface area (Å²) in [5.74, 6) is 0. The van der Waals surface area contributed by atoms with E-state index in [1.54, 1.807) is 0 Å². The fourth-order valence-electron chi connectivity index (χ4n) is 6.82. The second-order valence-corrected chi connectivity index (χ2v) is 11.2. The molecule has 2 heterocycles. The minimum Gasteiger partial charge on any atom is -0.291 e. The van der Waals surface area contributed by atoms with Gasteiger partial charge in [-0.05, 0) is 56.3 Å². The van der Waals surface area contributed by atoms with Crippen molar-refractivity contribution in [3.05, 3.63) is 158 Å². The highest BCUT2D eigenvalue weighted by molar-refractivity contribution is 6.17. The Kier molecular flexibility index (Phi) is 5.23. The number of rotatable bonds is 3. The zero-order valence-electron chi connectivity index (χ0n) is 23.4. The normalized spacial score (nSPS) is 11.7. The number of fused-ring (bicyclic) bond motifs is 9. The van der Waals surface area contributed by atoms with Crippen LogP contribution >= 0.6 is 0 Å². The highest BCUT2D eigenvalue weighted by atomic mass is 15.0. The predicted octanol–water partition coefficient (Wildman–Crippen LogP) is 10.9. The van der Waals surface area contributed by atoms with Crippen LogP contribution in [-0.2, 0) is 0 Å². The van der Waals surface area contributed by atoms with Crippen LogP contribution in [0.1, 0.15) is 0 Å². The van der Waals surface area contributed by atoms with E-state index < -0.39 is 0 Å². The van der Waals surface area contributed by atoms with Gasteiger partial charge in [-0.2, -0.15) is 0 Å². The molecule has 2 nitrogen and oxygen atoms in total. The smallest absolute Gasteiger partial charge is 0.146 e. The summed E-state index contributed by atoms with van der Waals surface area (Å²) in [6, 6.07) is 56.7. The van der Waals surface area contributed by atoms with E-state index >= 15 is 0 Å². The van der Waals surface area contributed by atoms with Gasteiger partial charge in [-0.15, -0.1) is 0 Å². The molecule has 0 N–H and O–H groups in total. The van der Waals surface area contributed by atoms with Crippen molar-refractivity contribution >= 4 is 48.9 Å². The molecule has 0 amide bonds. The third-order valence-corrected chi connectivity index (χ3v) is 8.75. The van der Waals surface area contributed by atoms with Crippen LogP contribution in [0.15, 0.2) is 158 Å². The minimum atomic E-state index is 0.977. The van der Waals surface area contributed by atoms with Crippen molar-refractivity contribution < 1.29 is 0 Å². The minimum absolute atomic E-state index is 0.977. The molecule has 2 aromatic heterocycles. The molecular weight excluding hydrogens is 520 g/mol. The molecular formula is C41H26N2. The Bertz CT molecular complexity index is 2490. The van der Waals surface area contributed by atoms with E-state index in [0.717, 1.165) is 39.1 Å². The maximum absolute atomic E-state index is 5.36. The van der Waals surface area contributed by atoms with Gasteiger partial charge in [0.1, 0.15) is 5.65 Å². The molecule has 0 saturated heterocycles. The van der Waals surface area contributed by atoms with Crippen molar-refractivity contribution in [3.8, 4) is 33.6 Å². The Labute approximate surface area is 249 Å². The number of aromatic nitrogens is 2. The van der Waals surface area contributed by atoms with Crippen molar-refractivity contribution in [2.75, 3.05) is 0 Å². The molecule has 9 rings (SSSR count). The zero-order chi connectivity index (χ0) is 28.3. The van der Waals surface area contributed by atoms with Crippen molar-refractivity contribution in [1.29, 1.82) is 0 Å². The monoisotopic (exact) mass is 546 g/mol. The summed E-state index contributed by atoms with van der Waals surface area (Å²) in [5.41, 5.74) is 8.95. The van der Waals surface area contributed by atoms with Gasteiger partial charge in [0, 0.05) is 21.9 Å². The second-order valence-electron chi connectivity index (χ2n) is 11.2. The zero-order valence-corrected chi connectivity index (χ0v) is 23.4. The molecule has 0 aliphatic carbocycles. The van der Waals surface area contributed by atoms with E-state index in [1.165, 1.54) is 43.4 Å². The molecule has 0 spiro atoms. The maximum atomic E-state index is 5.36.